The zero-order valence-corrected chi connectivity index (χ0v) is 10.3. The van der Waals surface area contributed by atoms with Gasteiger partial charge in [-0.1, -0.05) is 17.7 Å². The molecule has 0 saturated heterocycles. The van der Waals surface area contributed by atoms with Crippen LogP contribution in [0, 0.1) is 6.92 Å². The Morgan fingerprint density at radius 3 is 2.89 bits per heavy atom. The third-order valence-corrected chi connectivity index (χ3v) is 2.57. The summed E-state index contributed by atoms with van der Waals surface area (Å²) < 4.78 is 0. The maximum Gasteiger partial charge on any atom is 0.356 e. The molecule has 6 heteroatoms. The summed E-state index contributed by atoms with van der Waals surface area (Å²) in [6.07, 6.45) is 2.62. The van der Waals surface area contributed by atoms with Crippen molar-refractivity contribution in [2.75, 3.05) is 5.32 Å². The van der Waals surface area contributed by atoms with Gasteiger partial charge in [0.05, 0.1) is 23.1 Å². The number of rotatable bonds is 3. The van der Waals surface area contributed by atoms with Crippen molar-refractivity contribution < 1.29 is 9.90 Å². The van der Waals surface area contributed by atoms with E-state index in [0.29, 0.717) is 16.5 Å². The van der Waals surface area contributed by atoms with E-state index >= 15 is 0 Å². The number of anilines is 2. The van der Waals surface area contributed by atoms with Crippen LogP contribution in [-0.4, -0.2) is 21.0 Å². The molecule has 0 bridgehead atoms. The smallest absolute Gasteiger partial charge is 0.356 e. The minimum Gasteiger partial charge on any atom is -0.476 e. The van der Waals surface area contributed by atoms with Crippen LogP contribution in [0.25, 0.3) is 0 Å². The van der Waals surface area contributed by atoms with Crippen LogP contribution in [-0.2, 0) is 0 Å². The molecule has 0 fully saturated rings. The summed E-state index contributed by atoms with van der Waals surface area (Å²) in [6.45, 7) is 1.93. The highest BCUT2D eigenvalue weighted by molar-refractivity contribution is 6.33. The van der Waals surface area contributed by atoms with Gasteiger partial charge >= 0.3 is 5.97 Å². The molecule has 0 aliphatic heterocycles. The number of nitrogens with zero attached hydrogens (tertiary/aromatic N) is 2. The first-order chi connectivity index (χ1) is 8.56. The van der Waals surface area contributed by atoms with Crippen molar-refractivity contribution in [3.05, 3.63) is 46.9 Å². The van der Waals surface area contributed by atoms with E-state index in [2.05, 4.69) is 15.3 Å². The number of carboxylic acid groups (broad SMARTS) is 1. The lowest BCUT2D eigenvalue weighted by molar-refractivity contribution is 0.0690. The fraction of sp³-hybridized carbons (Fsp3) is 0.0833. The van der Waals surface area contributed by atoms with Crippen molar-refractivity contribution in [1.82, 2.24) is 9.97 Å². The lowest BCUT2D eigenvalue weighted by Crippen LogP contribution is -2.04. The van der Waals surface area contributed by atoms with E-state index in [0.717, 1.165) is 5.56 Å². The number of benzene rings is 1. The van der Waals surface area contributed by atoms with E-state index in [1.807, 2.05) is 19.1 Å². The summed E-state index contributed by atoms with van der Waals surface area (Å²) in [5.74, 6) is -0.788. The minimum absolute atomic E-state index is 0.122. The fourth-order valence-electron chi connectivity index (χ4n) is 1.40. The molecule has 18 heavy (non-hydrogen) atoms. The second-order valence-corrected chi connectivity index (χ2v) is 4.11. The molecule has 1 aromatic heterocycles. The molecule has 0 aliphatic carbocycles. The lowest BCUT2D eigenvalue weighted by Gasteiger charge is -2.08. The number of hydrogen-bond acceptors (Lipinski definition) is 4. The van der Waals surface area contributed by atoms with E-state index in [4.69, 9.17) is 16.7 Å². The van der Waals surface area contributed by atoms with Crippen molar-refractivity contribution in [1.29, 1.82) is 0 Å². The Bertz CT molecular complexity index is 602. The summed E-state index contributed by atoms with van der Waals surface area (Å²) in [4.78, 5) is 18.5. The first-order valence-electron chi connectivity index (χ1n) is 5.15. The van der Waals surface area contributed by atoms with Crippen LogP contribution in [0.1, 0.15) is 16.1 Å². The topological polar surface area (TPSA) is 75.1 Å². The Balaban J connectivity index is 2.31. The first kappa shape index (κ1) is 12.3. The normalized spacial score (nSPS) is 10.1. The van der Waals surface area contributed by atoms with Crippen LogP contribution in [0.2, 0.25) is 5.02 Å². The van der Waals surface area contributed by atoms with Gasteiger partial charge < -0.3 is 10.4 Å². The molecular weight excluding hydrogens is 254 g/mol. The number of aryl methyl sites for hydroxylation is 1. The van der Waals surface area contributed by atoms with Gasteiger partial charge in [0, 0.05) is 0 Å². The van der Waals surface area contributed by atoms with E-state index in [-0.39, 0.29) is 5.69 Å². The Labute approximate surface area is 108 Å². The van der Waals surface area contributed by atoms with Crippen molar-refractivity contribution in [2.24, 2.45) is 0 Å². The highest BCUT2D eigenvalue weighted by atomic mass is 35.5. The summed E-state index contributed by atoms with van der Waals surface area (Å²) in [6, 6.07) is 5.48. The quantitative estimate of drug-likeness (QED) is 0.891. The van der Waals surface area contributed by atoms with Crippen molar-refractivity contribution in [3.63, 3.8) is 0 Å². The van der Waals surface area contributed by atoms with Crippen LogP contribution in [0.3, 0.4) is 0 Å². The molecule has 1 aromatic carbocycles. The van der Waals surface area contributed by atoms with Crippen LogP contribution in [0.15, 0.2) is 30.6 Å². The summed E-state index contributed by atoms with van der Waals surface area (Å²) in [5.41, 5.74) is 1.57. The summed E-state index contributed by atoms with van der Waals surface area (Å²) in [5, 5.41) is 12.3. The number of carbonyl (C=O) groups is 1. The molecule has 0 saturated carbocycles. The molecule has 2 aromatic rings. The zero-order chi connectivity index (χ0) is 13.1. The SMILES string of the molecule is Cc1ccc(Cl)c(Nc2cncc(C(=O)O)n2)c1. The second-order valence-electron chi connectivity index (χ2n) is 3.70. The molecule has 0 unspecified atom stereocenters. The fourth-order valence-corrected chi connectivity index (χ4v) is 1.57. The number of aromatic carboxylic acids is 1. The van der Waals surface area contributed by atoms with E-state index in [9.17, 15) is 4.79 Å². The van der Waals surface area contributed by atoms with Gasteiger partial charge in [0.2, 0.25) is 0 Å². The molecular formula is C12H10ClN3O2. The first-order valence-corrected chi connectivity index (χ1v) is 5.52. The third kappa shape index (κ3) is 2.75. The monoisotopic (exact) mass is 263 g/mol. The Hall–Kier alpha value is -2.14. The van der Waals surface area contributed by atoms with Crippen LogP contribution < -0.4 is 5.32 Å². The van der Waals surface area contributed by atoms with Crippen LogP contribution in [0.4, 0.5) is 11.5 Å². The molecule has 0 spiro atoms. The van der Waals surface area contributed by atoms with Gasteiger partial charge in [-0.2, -0.15) is 0 Å². The van der Waals surface area contributed by atoms with Crippen molar-refractivity contribution in [2.45, 2.75) is 6.92 Å². The third-order valence-electron chi connectivity index (χ3n) is 2.24. The number of halogens is 1. The molecule has 2 rings (SSSR count). The molecule has 0 atom stereocenters. The number of nitrogens with one attached hydrogen (secondary N) is 1. The molecule has 0 radical (unpaired) electrons. The van der Waals surface area contributed by atoms with E-state index in [1.165, 1.54) is 12.4 Å². The highest BCUT2D eigenvalue weighted by Crippen LogP contribution is 2.25. The molecule has 5 nitrogen and oxygen atoms in total. The van der Waals surface area contributed by atoms with Gasteiger partial charge in [-0.05, 0) is 24.6 Å². The second kappa shape index (κ2) is 5.01. The van der Waals surface area contributed by atoms with Crippen molar-refractivity contribution >= 4 is 29.1 Å². The Morgan fingerprint density at radius 1 is 1.39 bits per heavy atom. The van der Waals surface area contributed by atoms with Gasteiger partial charge in [-0.3, -0.25) is 4.98 Å². The average molecular weight is 264 g/mol. The van der Waals surface area contributed by atoms with Crippen LogP contribution >= 0.6 is 11.6 Å². The standard InChI is InChI=1S/C12H10ClN3O2/c1-7-2-3-8(13)9(4-7)15-11-6-14-5-10(16-11)12(17)18/h2-6H,1H3,(H,15,16)(H,17,18). The molecule has 92 valence electrons. The average Bonchev–Trinajstić information content (AvgIpc) is 2.34. The van der Waals surface area contributed by atoms with E-state index < -0.39 is 5.97 Å². The number of carboxylic acids is 1. The highest BCUT2D eigenvalue weighted by Gasteiger charge is 2.07. The van der Waals surface area contributed by atoms with E-state index in [1.54, 1.807) is 6.07 Å². The Kier molecular flexibility index (Phi) is 3.43. The summed E-state index contributed by atoms with van der Waals surface area (Å²) >= 11 is 6.02. The van der Waals surface area contributed by atoms with Gasteiger partial charge in [0.25, 0.3) is 0 Å². The molecule has 0 aliphatic rings. The predicted octanol–water partition coefficient (Wildman–Crippen LogP) is 2.88. The Morgan fingerprint density at radius 2 is 2.17 bits per heavy atom. The number of hydrogen-bond donors (Lipinski definition) is 2. The maximum absolute atomic E-state index is 10.8. The van der Waals surface area contributed by atoms with Gasteiger partial charge in [-0.25, -0.2) is 9.78 Å². The number of aromatic nitrogens is 2. The van der Waals surface area contributed by atoms with Gasteiger partial charge in [-0.15, -0.1) is 0 Å². The predicted molar refractivity (Wildman–Crippen MR) is 68.5 cm³/mol. The van der Waals surface area contributed by atoms with Crippen molar-refractivity contribution in [3.8, 4) is 0 Å². The minimum atomic E-state index is -1.12. The zero-order valence-electron chi connectivity index (χ0n) is 9.51. The largest absolute Gasteiger partial charge is 0.476 e. The maximum atomic E-state index is 10.8. The molecule has 2 N–H and O–H groups in total. The lowest BCUT2D eigenvalue weighted by atomic mass is 10.2. The van der Waals surface area contributed by atoms with Gasteiger partial charge in [0.1, 0.15) is 5.82 Å². The molecule has 0 amide bonds. The summed E-state index contributed by atoms with van der Waals surface area (Å²) in [7, 11) is 0. The van der Waals surface area contributed by atoms with Crippen LogP contribution in [0.5, 0.6) is 0 Å². The molecule has 1 heterocycles. The van der Waals surface area contributed by atoms with Gasteiger partial charge in [0.15, 0.2) is 5.69 Å².